The van der Waals surface area contributed by atoms with Crippen molar-refractivity contribution in [1.82, 2.24) is 5.32 Å². The number of carbonyl (C=O) groups excluding carboxylic acids is 3. The van der Waals surface area contributed by atoms with Crippen molar-refractivity contribution in [3.63, 3.8) is 0 Å². The summed E-state index contributed by atoms with van der Waals surface area (Å²) in [6, 6.07) is 16.3. The average molecular weight is 379 g/mol. The first-order valence-corrected chi connectivity index (χ1v) is 9.63. The fourth-order valence-corrected chi connectivity index (χ4v) is 3.24. The maximum atomic E-state index is 12.8. The van der Waals surface area contributed by atoms with Crippen molar-refractivity contribution in [3.05, 3.63) is 60.2 Å². The molecule has 6 heteroatoms. The minimum absolute atomic E-state index is 0.0723. The maximum absolute atomic E-state index is 12.8. The Balaban J connectivity index is 1.67. The molecule has 1 fully saturated rings. The third kappa shape index (κ3) is 4.57. The molecule has 6 nitrogen and oxygen atoms in total. The molecule has 1 unspecified atom stereocenters. The van der Waals surface area contributed by atoms with E-state index in [1.807, 2.05) is 30.3 Å². The van der Waals surface area contributed by atoms with Crippen LogP contribution >= 0.6 is 0 Å². The number of carbonyl (C=O) groups is 3. The molecule has 1 atom stereocenters. The first-order chi connectivity index (χ1) is 13.6. The molecule has 28 heavy (non-hydrogen) atoms. The number of hydrogen-bond donors (Lipinski definition) is 2. The SMILES string of the molecule is CCCCNC(=O)c1ccccc1NC(=O)C1CC(=O)N(c2ccccc2)C1. The number of hydrogen-bond acceptors (Lipinski definition) is 3. The number of anilines is 2. The Labute approximate surface area is 164 Å². The molecule has 1 saturated heterocycles. The highest BCUT2D eigenvalue weighted by Gasteiger charge is 2.35. The van der Waals surface area contributed by atoms with Crippen LogP contribution < -0.4 is 15.5 Å². The quantitative estimate of drug-likeness (QED) is 0.725. The molecule has 0 radical (unpaired) electrons. The van der Waals surface area contributed by atoms with Crippen LogP contribution in [0.25, 0.3) is 0 Å². The van der Waals surface area contributed by atoms with E-state index in [9.17, 15) is 14.4 Å². The fraction of sp³-hybridized carbons (Fsp3) is 0.318. The van der Waals surface area contributed by atoms with Gasteiger partial charge in [-0.15, -0.1) is 0 Å². The number of rotatable bonds is 7. The Kier molecular flexibility index (Phi) is 6.42. The Morgan fingerprint density at radius 2 is 1.79 bits per heavy atom. The molecule has 2 aromatic rings. The van der Waals surface area contributed by atoms with Gasteiger partial charge in [-0.25, -0.2) is 0 Å². The van der Waals surface area contributed by atoms with Gasteiger partial charge in [-0.2, -0.15) is 0 Å². The van der Waals surface area contributed by atoms with E-state index in [0.29, 0.717) is 24.3 Å². The van der Waals surface area contributed by atoms with Gasteiger partial charge in [0.1, 0.15) is 0 Å². The van der Waals surface area contributed by atoms with Crippen LogP contribution in [0.3, 0.4) is 0 Å². The van der Waals surface area contributed by atoms with Gasteiger partial charge in [0, 0.05) is 25.2 Å². The lowest BCUT2D eigenvalue weighted by Gasteiger charge is -2.17. The zero-order valence-corrected chi connectivity index (χ0v) is 16.0. The normalized spacial score (nSPS) is 16.1. The maximum Gasteiger partial charge on any atom is 0.253 e. The summed E-state index contributed by atoms with van der Waals surface area (Å²) in [6.45, 7) is 2.99. The minimum Gasteiger partial charge on any atom is -0.352 e. The molecular formula is C22H25N3O3. The Bertz CT molecular complexity index is 851. The van der Waals surface area contributed by atoms with Crippen LogP contribution in [0.2, 0.25) is 0 Å². The number of nitrogens with zero attached hydrogens (tertiary/aromatic N) is 1. The van der Waals surface area contributed by atoms with Gasteiger partial charge in [-0.05, 0) is 30.7 Å². The lowest BCUT2D eigenvalue weighted by molar-refractivity contribution is -0.122. The summed E-state index contributed by atoms with van der Waals surface area (Å²) in [4.78, 5) is 39.1. The Morgan fingerprint density at radius 1 is 1.07 bits per heavy atom. The molecule has 0 aromatic heterocycles. The molecule has 0 bridgehead atoms. The topological polar surface area (TPSA) is 78.5 Å². The summed E-state index contributed by atoms with van der Waals surface area (Å²) in [5.74, 6) is -0.987. The molecule has 0 aliphatic carbocycles. The van der Waals surface area contributed by atoms with Crippen molar-refractivity contribution >= 4 is 29.1 Å². The van der Waals surface area contributed by atoms with E-state index >= 15 is 0 Å². The lowest BCUT2D eigenvalue weighted by Crippen LogP contribution is -2.29. The molecule has 2 N–H and O–H groups in total. The largest absolute Gasteiger partial charge is 0.352 e. The highest BCUT2D eigenvalue weighted by atomic mass is 16.2. The highest BCUT2D eigenvalue weighted by Crippen LogP contribution is 2.26. The van der Waals surface area contributed by atoms with Gasteiger partial charge in [0.25, 0.3) is 5.91 Å². The molecule has 2 aromatic carbocycles. The van der Waals surface area contributed by atoms with Crippen molar-refractivity contribution in [1.29, 1.82) is 0 Å². The summed E-state index contributed by atoms with van der Waals surface area (Å²) in [5.41, 5.74) is 1.68. The van der Waals surface area contributed by atoms with Crippen molar-refractivity contribution in [2.45, 2.75) is 26.2 Å². The second-order valence-electron chi connectivity index (χ2n) is 6.89. The van der Waals surface area contributed by atoms with Crippen LogP contribution in [-0.4, -0.2) is 30.8 Å². The highest BCUT2D eigenvalue weighted by molar-refractivity contribution is 6.07. The number of benzene rings is 2. The molecule has 0 spiro atoms. The predicted octanol–water partition coefficient (Wildman–Crippen LogP) is 3.21. The third-order valence-electron chi connectivity index (χ3n) is 4.81. The molecule has 0 saturated carbocycles. The van der Waals surface area contributed by atoms with Crippen LogP contribution in [0.5, 0.6) is 0 Å². The van der Waals surface area contributed by atoms with Crippen LogP contribution in [-0.2, 0) is 9.59 Å². The molecule has 1 aliphatic heterocycles. The average Bonchev–Trinajstić information content (AvgIpc) is 3.11. The van der Waals surface area contributed by atoms with Crippen molar-refractivity contribution < 1.29 is 14.4 Å². The smallest absolute Gasteiger partial charge is 0.253 e. The van der Waals surface area contributed by atoms with Gasteiger partial charge < -0.3 is 15.5 Å². The molecular weight excluding hydrogens is 354 g/mol. The van der Waals surface area contributed by atoms with E-state index in [0.717, 1.165) is 18.5 Å². The Hall–Kier alpha value is -3.15. The standard InChI is InChI=1S/C22H25N3O3/c1-2-3-13-23-22(28)18-11-7-8-12-19(18)24-21(27)16-14-20(26)25(15-16)17-9-5-4-6-10-17/h4-12,16H,2-3,13-15H2,1H3,(H,23,28)(H,24,27). The zero-order chi connectivity index (χ0) is 19.9. The van der Waals surface area contributed by atoms with E-state index in [4.69, 9.17) is 0 Å². The van der Waals surface area contributed by atoms with E-state index in [-0.39, 0.29) is 24.1 Å². The molecule has 1 heterocycles. The van der Waals surface area contributed by atoms with Crippen LogP contribution in [0.15, 0.2) is 54.6 Å². The van der Waals surface area contributed by atoms with Crippen LogP contribution in [0.4, 0.5) is 11.4 Å². The number of nitrogens with one attached hydrogen (secondary N) is 2. The number of amides is 3. The predicted molar refractivity (Wildman–Crippen MR) is 109 cm³/mol. The van der Waals surface area contributed by atoms with Gasteiger partial charge in [-0.3, -0.25) is 14.4 Å². The van der Waals surface area contributed by atoms with E-state index < -0.39 is 5.92 Å². The van der Waals surface area contributed by atoms with Gasteiger partial charge in [0.15, 0.2) is 0 Å². The molecule has 1 aliphatic rings. The number of unbranched alkanes of at least 4 members (excludes halogenated alkanes) is 1. The Morgan fingerprint density at radius 3 is 2.54 bits per heavy atom. The number of para-hydroxylation sites is 2. The summed E-state index contributed by atoms with van der Waals surface area (Å²) in [7, 11) is 0. The fourth-order valence-electron chi connectivity index (χ4n) is 3.24. The minimum atomic E-state index is -0.455. The molecule has 3 amide bonds. The lowest BCUT2D eigenvalue weighted by atomic mass is 10.1. The summed E-state index contributed by atoms with van der Waals surface area (Å²) < 4.78 is 0. The zero-order valence-electron chi connectivity index (χ0n) is 16.0. The van der Waals surface area contributed by atoms with Crippen molar-refractivity contribution in [2.24, 2.45) is 5.92 Å². The molecule has 3 rings (SSSR count). The van der Waals surface area contributed by atoms with Gasteiger partial charge in [-0.1, -0.05) is 43.7 Å². The summed E-state index contributed by atoms with van der Waals surface area (Å²) in [5, 5.41) is 5.70. The summed E-state index contributed by atoms with van der Waals surface area (Å²) >= 11 is 0. The van der Waals surface area contributed by atoms with Crippen molar-refractivity contribution in [2.75, 3.05) is 23.3 Å². The third-order valence-corrected chi connectivity index (χ3v) is 4.81. The van der Waals surface area contributed by atoms with Crippen LogP contribution in [0.1, 0.15) is 36.5 Å². The van der Waals surface area contributed by atoms with Gasteiger partial charge in [0.2, 0.25) is 11.8 Å². The molecule has 146 valence electrons. The van der Waals surface area contributed by atoms with Gasteiger partial charge in [0.05, 0.1) is 17.2 Å². The first-order valence-electron chi connectivity index (χ1n) is 9.63. The first kappa shape index (κ1) is 19.6. The van der Waals surface area contributed by atoms with Crippen molar-refractivity contribution in [3.8, 4) is 0 Å². The van der Waals surface area contributed by atoms with Gasteiger partial charge >= 0.3 is 0 Å². The summed E-state index contributed by atoms with van der Waals surface area (Å²) in [6.07, 6.45) is 2.05. The van der Waals surface area contributed by atoms with E-state index in [1.54, 1.807) is 29.2 Å². The van der Waals surface area contributed by atoms with Crippen LogP contribution in [0, 0.1) is 5.92 Å². The second-order valence-corrected chi connectivity index (χ2v) is 6.89. The monoisotopic (exact) mass is 379 g/mol. The van der Waals surface area contributed by atoms with E-state index in [1.165, 1.54) is 0 Å². The second kappa shape index (κ2) is 9.17. The van der Waals surface area contributed by atoms with E-state index in [2.05, 4.69) is 17.6 Å².